The number of para-hydroxylation sites is 1. The molecule has 0 saturated heterocycles. The maximum absolute atomic E-state index is 13.2. The number of amides is 2. The number of benzene rings is 1. The molecule has 7 heteroatoms. The molecule has 3 rings (SSSR count). The highest BCUT2D eigenvalue weighted by Gasteiger charge is 2.34. The molecule has 0 aromatic heterocycles. The molecule has 1 aliphatic heterocycles. The highest BCUT2D eigenvalue weighted by molar-refractivity contribution is 5.89. The lowest BCUT2D eigenvalue weighted by Crippen LogP contribution is -2.53. The smallest absolute Gasteiger partial charge is 0.241 e. The number of ether oxygens (including phenoxy) is 1. The number of carbonyl (C=O) groups is 2. The van der Waals surface area contributed by atoms with E-state index in [1.165, 1.54) is 5.57 Å². The van der Waals surface area contributed by atoms with E-state index in [1.54, 1.807) is 0 Å². The first-order chi connectivity index (χ1) is 16.0. The van der Waals surface area contributed by atoms with Crippen LogP contribution >= 0.6 is 0 Å². The minimum Gasteiger partial charge on any atom is -0.492 e. The number of carbonyl (C=O) groups excluding carboxylic acids is 2. The first-order valence-electron chi connectivity index (χ1n) is 12.4. The van der Waals surface area contributed by atoms with Crippen molar-refractivity contribution in [2.45, 2.75) is 64.5 Å². The van der Waals surface area contributed by atoms with Gasteiger partial charge >= 0.3 is 0 Å². The standard InChI is InChI=1S/C26H40N4O3/c1-4-18(2)24-23(20-10-7-11-20)25(27-3)26(32)30-17-22(31)28-14-8-12-19-9-5-6-13-21(19)33-16-15-29-24/h5-6,9,13,18,24-25,27,29H,4,7-8,10-12,14-17H2,1-3H3,(H,28,31)(H,30,32). The normalized spacial score (nSPS) is 24.5. The molecule has 1 aromatic carbocycles. The second-order valence-electron chi connectivity index (χ2n) is 9.08. The molecule has 2 aliphatic rings. The van der Waals surface area contributed by atoms with Crippen molar-refractivity contribution in [3.63, 3.8) is 0 Å². The van der Waals surface area contributed by atoms with Crippen LogP contribution < -0.4 is 26.0 Å². The molecule has 1 aliphatic carbocycles. The van der Waals surface area contributed by atoms with E-state index >= 15 is 0 Å². The van der Waals surface area contributed by atoms with E-state index in [4.69, 9.17) is 4.74 Å². The fourth-order valence-corrected chi connectivity index (χ4v) is 4.59. The van der Waals surface area contributed by atoms with Gasteiger partial charge in [-0.2, -0.15) is 0 Å². The van der Waals surface area contributed by atoms with Crippen molar-refractivity contribution >= 4 is 11.8 Å². The molecule has 3 unspecified atom stereocenters. The van der Waals surface area contributed by atoms with Gasteiger partial charge in [0, 0.05) is 19.1 Å². The highest BCUT2D eigenvalue weighted by atomic mass is 16.5. The predicted molar refractivity (Wildman–Crippen MR) is 131 cm³/mol. The van der Waals surface area contributed by atoms with Crippen LogP contribution in [0.4, 0.5) is 0 Å². The Morgan fingerprint density at radius 1 is 1.09 bits per heavy atom. The van der Waals surface area contributed by atoms with Crippen LogP contribution in [0.25, 0.3) is 0 Å². The third-order valence-corrected chi connectivity index (χ3v) is 6.84. The fraction of sp³-hybridized carbons (Fsp3) is 0.615. The zero-order valence-corrected chi connectivity index (χ0v) is 20.3. The van der Waals surface area contributed by atoms with Crippen molar-refractivity contribution in [1.29, 1.82) is 0 Å². The molecule has 1 aromatic rings. The lowest BCUT2D eigenvalue weighted by atomic mass is 9.78. The molecule has 0 bridgehead atoms. The molecule has 4 N–H and O–H groups in total. The third-order valence-electron chi connectivity index (χ3n) is 6.84. The van der Waals surface area contributed by atoms with E-state index in [-0.39, 0.29) is 24.4 Å². The molecule has 0 radical (unpaired) electrons. The van der Waals surface area contributed by atoms with Crippen molar-refractivity contribution in [3.05, 3.63) is 41.0 Å². The van der Waals surface area contributed by atoms with Crippen LogP contribution in [0.3, 0.4) is 0 Å². The zero-order valence-electron chi connectivity index (χ0n) is 20.3. The van der Waals surface area contributed by atoms with E-state index in [0.717, 1.165) is 55.4 Å². The van der Waals surface area contributed by atoms with Crippen molar-refractivity contribution in [1.82, 2.24) is 21.3 Å². The Morgan fingerprint density at radius 2 is 1.88 bits per heavy atom. The summed E-state index contributed by atoms with van der Waals surface area (Å²) in [5, 5.41) is 12.7. The number of likely N-dealkylation sites (N-methyl/N-ethyl adjacent to an activating group) is 1. The van der Waals surface area contributed by atoms with Gasteiger partial charge in [0.15, 0.2) is 0 Å². The van der Waals surface area contributed by atoms with Crippen molar-refractivity contribution in [2.75, 3.05) is 33.3 Å². The topological polar surface area (TPSA) is 91.5 Å². The summed E-state index contributed by atoms with van der Waals surface area (Å²) >= 11 is 0. The van der Waals surface area contributed by atoms with E-state index in [0.29, 0.717) is 25.6 Å². The van der Waals surface area contributed by atoms with Crippen molar-refractivity contribution in [3.8, 4) is 5.75 Å². The van der Waals surface area contributed by atoms with Crippen LogP contribution in [0.5, 0.6) is 5.75 Å². The highest BCUT2D eigenvalue weighted by Crippen LogP contribution is 2.34. The summed E-state index contributed by atoms with van der Waals surface area (Å²) in [7, 11) is 1.82. The molecular weight excluding hydrogens is 416 g/mol. The summed E-state index contributed by atoms with van der Waals surface area (Å²) in [6.07, 6.45) is 5.85. The van der Waals surface area contributed by atoms with Crippen LogP contribution in [-0.4, -0.2) is 57.2 Å². The summed E-state index contributed by atoms with van der Waals surface area (Å²) < 4.78 is 6.15. The summed E-state index contributed by atoms with van der Waals surface area (Å²) in [4.78, 5) is 25.5. The molecule has 2 amide bonds. The first-order valence-corrected chi connectivity index (χ1v) is 12.4. The number of rotatable bonds is 3. The van der Waals surface area contributed by atoms with Gasteiger partial charge < -0.3 is 26.0 Å². The maximum Gasteiger partial charge on any atom is 0.241 e. The van der Waals surface area contributed by atoms with Gasteiger partial charge in [0.1, 0.15) is 18.4 Å². The van der Waals surface area contributed by atoms with Gasteiger partial charge in [-0.3, -0.25) is 9.59 Å². The number of aryl methyl sites for hydroxylation is 1. The Hall–Kier alpha value is -2.38. The molecular formula is C26H40N4O3. The Bertz CT molecular complexity index is 833. The van der Waals surface area contributed by atoms with Gasteiger partial charge in [0.25, 0.3) is 0 Å². The van der Waals surface area contributed by atoms with Crippen LogP contribution in [0.2, 0.25) is 0 Å². The van der Waals surface area contributed by atoms with Crippen molar-refractivity contribution in [2.24, 2.45) is 5.92 Å². The van der Waals surface area contributed by atoms with Crippen LogP contribution in [-0.2, 0) is 16.0 Å². The summed E-state index contributed by atoms with van der Waals surface area (Å²) in [5.41, 5.74) is 3.65. The van der Waals surface area contributed by atoms with E-state index in [2.05, 4.69) is 41.2 Å². The SMILES string of the molecule is CCC(C)C1NCCOc2ccccc2CCCNC(=O)CNC(=O)C(NC)C1=C1CCC1. The average molecular weight is 457 g/mol. The predicted octanol–water partition coefficient (Wildman–Crippen LogP) is 2.32. The van der Waals surface area contributed by atoms with Gasteiger partial charge in [-0.25, -0.2) is 0 Å². The molecule has 182 valence electrons. The van der Waals surface area contributed by atoms with Crippen LogP contribution in [0.1, 0.15) is 51.5 Å². The van der Waals surface area contributed by atoms with E-state index in [1.807, 2.05) is 25.2 Å². The van der Waals surface area contributed by atoms with Gasteiger partial charge in [-0.05, 0) is 62.3 Å². The lowest BCUT2D eigenvalue weighted by molar-refractivity contribution is -0.126. The minimum atomic E-state index is -0.461. The number of hydrogen-bond donors (Lipinski definition) is 4. The fourth-order valence-electron chi connectivity index (χ4n) is 4.59. The summed E-state index contributed by atoms with van der Waals surface area (Å²) in [5.74, 6) is 0.943. The molecule has 1 saturated carbocycles. The number of allylic oxidation sites excluding steroid dienone is 1. The van der Waals surface area contributed by atoms with E-state index in [9.17, 15) is 9.59 Å². The quantitative estimate of drug-likeness (QED) is 0.524. The Morgan fingerprint density at radius 3 is 2.58 bits per heavy atom. The number of nitrogens with one attached hydrogen (secondary N) is 4. The molecule has 3 atom stereocenters. The molecule has 0 spiro atoms. The van der Waals surface area contributed by atoms with Gasteiger partial charge in [-0.15, -0.1) is 0 Å². The van der Waals surface area contributed by atoms with Gasteiger partial charge in [-0.1, -0.05) is 44.0 Å². The Labute approximate surface area is 198 Å². The molecule has 33 heavy (non-hydrogen) atoms. The summed E-state index contributed by atoms with van der Waals surface area (Å²) in [6, 6.07) is 7.71. The Balaban J connectivity index is 1.86. The number of hydrogen-bond acceptors (Lipinski definition) is 5. The first kappa shape index (κ1) is 25.2. The Kier molecular flexibility index (Phi) is 9.76. The monoisotopic (exact) mass is 456 g/mol. The largest absolute Gasteiger partial charge is 0.492 e. The minimum absolute atomic E-state index is 0.0131. The number of fused-ring (bicyclic) bond motifs is 1. The van der Waals surface area contributed by atoms with Crippen molar-refractivity contribution < 1.29 is 14.3 Å². The second-order valence-corrected chi connectivity index (χ2v) is 9.08. The molecule has 1 heterocycles. The van der Waals surface area contributed by atoms with Gasteiger partial charge in [0.2, 0.25) is 11.8 Å². The molecule has 1 fully saturated rings. The third kappa shape index (κ3) is 6.81. The second kappa shape index (κ2) is 12.8. The lowest BCUT2D eigenvalue weighted by Gasteiger charge is -2.36. The average Bonchev–Trinajstić information content (AvgIpc) is 2.79. The van der Waals surface area contributed by atoms with E-state index < -0.39 is 6.04 Å². The van der Waals surface area contributed by atoms with Crippen LogP contribution in [0.15, 0.2) is 35.4 Å². The zero-order chi connectivity index (χ0) is 23.6. The summed E-state index contributed by atoms with van der Waals surface area (Å²) in [6.45, 7) is 6.21. The maximum atomic E-state index is 13.2. The van der Waals surface area contributed by atoms with Crippen LogP contribution in [0, 0.1) is 5.92 Å². The molecule has 7 nitrogen and oxygen atoms in total. The van der Waals surface area contributed by atoms with Gasteiger partial charge in [0.05, 0.1) is 6.54 Å².